The molecule has 3 rings (SSSR count). The number of nitrogen functional groups attached to an aromatic ring is 1. The van der Waals surface area contributed by atoms with E-state index in [1.165, 1.54) is 14.1 Å². The maximum Gasteiger partial charge on any atom is 0.332 e. The Morgan fingerprint density at radius 2 is 1.76 bits per heavy atom. The number of carbonyl (C=O) groups is 1. The van der Waals surface area contributed by atoms with Gasteiger partial charge in [0.05, 0.1) is 5.39 Å². The molecule has 10 nitrogen and oxygen atoms in total. The van der Waals surface area contributed by atoms with Crippen LogP contribution >= 0.6 is 0 Å². The first-order chi connectivity index (χ1) is 11.8. The van der Waals surface area contributed by atoms with Crippen molar-refractivity contribution in [2.45, 2.75) is 6.54 Å². The third kappa shape index (κ3) is 2.53. The van der Waals surface area contributed by atoms with Gasteiger partial charge in [0.15, 0.2) is 5.78 Å². The number of fused-ring (bicyclic) bond motifs is 1. The number of Topliss-reactive ketones (excluding diaryl/α,β-unsaturated/α-hetero) is 1. The molecule has 0 aliphatic heterocycles. The molecule has 128 valence electrons. The molecular formula is C15H14N6O4. The van der Waals surface area contributed by atoms with Gasteiger partial charge in [0.25, 0.3) is 11.1 Å². The number of hydrogen-bond acceptors (Lipinski definition) is 7. The number of aromatic nitrogens is 5. The zero-order chi connectivity index (χ0) is 18.3. The molecule has 0 aliphatic rings. The van der Waals surface area contributed by atoms with Crippen LogP contribution in [0.25, 0.3) is 10.9 Å². The molecule has 2 heterocycles. The zero-order valence-corrected chi connectivity index (χ0v) is 13.5. The molecule has 0 amide bonds. The number of benzene rings is 1. The van der Waals surface area contributed by atoms with Crippen molar-refractivity contribution in [3.63, 3.8) is 0 Å². The van der Waals surface area contributed by atoms with Gasteiger partial charge in [0.2, 0.25) is 0 Å². The molecule has 0 unspecified atom stereocenters. The Hall–Kier alpha value is -3.56. The molecule has 1 aromatic carbocycles. The van der Waals surface area contributed by atoms with E-state index in [0.29, 0.717) is 10.9 Å². The molecule has 0 atom stereocenters. The highest BCUT2D eigenvalue weighted by Gasteiger charge is 2.21. The monoisotopic (exact) mass is 342 g/mol. The summed E-state index contributed by atoms with van der Waals surface area (Å²) in [5, 5.41) is 7.88. The summed E-state index contributed by atoms with van der Waals surface area (Å²) in [5.41, 5.74) is 3.78. The van der Waals surface area contributed by atoms with Gasteiger partial charge in [-0.3, -0.25) is 23.5 Å². The van der Waals surface area contributed by atoms with Crippen LogP contribution in [-0.4, -0.2) is 29.9 Å². The van der Waals surface area contributed by atoms with Gasteiger partial charge in [-0.05, 0) is 12.1 Å². The van der Waals surface area contributed by atoms with Crippen molar-refractivity contribution in [3.8, 4) is 0 Å². The molecule has 2 aromatic heterocycles. The Bertz CT molecular complexity index is 1190. The maximum atomic E-state index is 12.5. The van der Waals surface area contributed by atoms with E-state index in [2.05, 4.69) is 10.3 Å². The number of nitrogens with zero attached hydrogens (tertiary/aromatic N) is 5. The normalized spacial score (nSPS) is 11.0. The van der Waals surface area contributed by atoms with Gasteiger partial charge in [-0.1, -0.05) is 17.3 Å². The SMILES string of the molecule is Cn1c(N)c(C(=O)Cn2nnc3ccccc3c2=O)c(=O)n(C)c1=O. The summed E-state index contributed by atoms with van der Waals surface area (Å²) in [6, 6.07) is 6.56. The molecule has 10 heteroatoms. The van der Waals surface area contributed by atoms with Gasteiger partial charge in [-0.2, -0.15) is 0 Å². The summed E-state index contributed by atoms with van der Waals surface area (Å²) in [7, 11) is 2.58. The van der Waals surface area contributed by atoms with E-state index in [1.807, 2.05) is 0 Å². The molecule has 0 aliphatic carbocycles. The fourth-order valence-electron chi connectivity index (χ4n) is 2.46. The average Bonchev–Trinajstić information content (AvgIpc) is 2.61. The van der Waals surface area contributed by atoms with Crippen LogP contribution in [0.3, 0.4) is 0 Å². The first kappa shape index (κ1) is 16.3. The van der Waals surface area contributed by atoms with Crippen molar-refractivity contribution in [1.82, 2.24) is 24.1 Å². The van der Waals surface area contributed by atoms with Crippen LogP contribution in [0.4, 0.5) is 5.82 Å². The van der Waals surface area contributed by atoms with E-state index >= 15 is 0 Å². The highest BCUT2D eigenvalue weighted by molar-refractivity contribution is 5.99. The summed E-state index contributed by atoms with van der Waals surface area (Å²) in [6.45, 7) is -0.520. The van der Waals surface area contributed by atoms with Crippen LogP contribution in [0.2, 0.25) is 0 Å². The number of carbonyl (C=O) groups excluding carboxylic acids is 1. The summed E-state index contributed by atoms with van der Waals surface area (Å²) >= 11 is 0. The number of rotatable bonds is 3. The Labute approximate surface area is 139 Å². The molecule has 0 saturated heterocycles. The third-order valence-electron chi connectivity index (χ3n) is 3.91. The van der Waals surface area contributed by atoms with Crippen LogP contribution in [0.1, 0.15) is 10.4 Å². The minimum Gasteiger partial charge on any atom is -0.384 e. The quantitative estimate of drug-likeness (QED) is 0.582. The molecule has 2 N–H and O–H groups in total. The number of nitrogens with two attached hydrogens (primary N) is 1. The number of ketones is 1. The van der Waals surface area contributed by atoms with Crippen LogP contribution < -0.4 is 22.5 Å². The molecule has 25 heavy (non-hydrogen) atoms. The van der Waals surface area contributed by atoms with Gasteiger partial charge < -0.3 is 5.73 Å². The fraction of sp³-hybridized carbons (Fsp3) is 0.200. The largest absolute Gasteiger partial charge is 0.384 e. The molecule has 0 saturated carbocycles. The van der Waals surface area contributed by atoms with Gasteiger partial charge in [0.1, 0.15) is 23.4 Å². The van der Waals surface area contributed by atoms with Gasteiger partial charge in [0, 0.05) is 14.1 Å². The minimum absolute atomic E-state index is 0.264. The smallest absolute Gasteiger partial charge is 0.332 e. The number of hydrogen-bond donors (Lipinski definition) is 1. The fourth-order valence-corrected chi connectivity index (χ4v) is 2.46. The van der Waals surface area contributed by atoms with Crippen molar-refractivity contribution in [2.24, 2.45) is 14.1 Å². The highest BCUT2D eigenvalue weighted by Crippen LogP contribution is 2.06. The molecular weight excluding hydrogens is 328 g/mol. The minimum atomic E-state index is -0.826. The zero-order valence-electron chi connectivity index (χ0n) is 13.5. The van der Waals surface area contributed by atoms with E-state index in [1.54, 1.807) is 24.3 Å². The summed E-state index contributed by atoms with van der Waals surface area (Å²) in [6.07, 6.45) is 0. The first-order valence-corrected chi connectivity index (χ1v) is 7.24. The van der Waals surface area contributed by atoms with Crippen molar-refractivity contribution in [2.75, 3.05) is 5.73 Å². The lowest BCUT2D eigenvalue weighted by Gasteiger charge is -2.11. The second kappa shape index (κ2) is 5.82. The third-order valence-corrected chi connectivity index (χ3v) is 3.91. The standard InChI is InChI=1S/C15H14N6O4/c1-19-12(16)11(14(24)20(2)15(19)25)10(22)7-21-13(23)8-5-3-4-6-9(8)17-18-21/h3-6H,7,16H2,1-2H3. The van der Waals surface area contributed by atoms with Crippen molar-refractivity contribution >= 4 is 22.5 Å². The average molecular weight is 342 g/mol. The van der Waals surface area contributed by atoms with Crippen LogP contribution in [0, 0.1) is 0 Å². The lowest BCUT2D eigenvalue weighted by Crippen LogP contribution is -2.42. The van der Waals surface area contributed by atoms with Crippen LogP contribution in [0.5, 0.6) is 0 Å². The molecule has 0 bridgehead atoms. The first-order valence-electron chi connectivity index (χ1n) is 7.24. The second-order valence-corrected chi connectivity index (χ2v) is 5.46. The molecule has 3 aromatic rings. The summed E-state index contributed by atoms with van der Waals surface area (Å²) in [5.74, 6) is -1.000. The summed E-state index contributed by atoms with van der Waals surface area (Å²) in [4.78, 5) is 48.9. The van der Waals surface area contributed by atoms with E-state index < -0.39 is 29.1 Å². The lowest BCUT2D eigenvalue weighted by atomic mass is 10.2. The molecule has 0 fully saturated rings. The molecule has 0 radical (unpaired) electrons. The summed E-state index contributed by atoms with van der Waals surface area (Å²) < 4.78 is 2.62. The predicted molar refractivity (Wildman–Crippen MR) is 89.5 cm³/mol. The Kier molecular flexibility index (Phi) is 3.79. The van der Waals surface area contributed by atoms with E-state index in [4.69, 9.17) is 5.73 Å². The van der Waals surface area contributed by atoms with Crippen molar-refractivity contribution in [3.05, 3.63) is 61.0 Å². The highest BCUT2D eigenvalue weighted by atomic mass is 16.2. The van der Waals surface area contributed by atoms with Crippen LogP contribution in [0.15, 0.2) is 38.6 Å². The Balaban J connectivity index is 2.11. The van der Waals surface area contributed by atoms with Crippen molar-refractivity contribution < 1.29 is 4.79 Å². The topological polar surface area (TPSA) is 135 Å². The maximum absolute atomic E-state index is 12.5. The van der Waals surface area contributed by atoms with E-state index in [-0.39, 0.29) is 11.4 Å². The van der Waals surface area contributed by atoms with Gasteiger partial charge in [-0.25, -0.2) is 9.48 Å². The van der Waals surface area contributed by atoms with E-state index in [0.717, 1.165) is 13.8 Å². The Morgan fingerprint density at radius 1 is 1.08 bits per heavy atom. The predicted octanol–water partition coefficient (Wildman–Crippen LogP) is -1.35. The lowest BCUT2D eigenvalue weighted by molar-refractivity contribution is 0.0962. The van der Waals surface area contributed by atoms with Crippen molar-refractivity contribution in [1.29, 1.82) is 0 Å². The Morgan fingerprint density at radius 3 is 2.48 bits per heavy atom. The van der Waals surface area contributed by atoms with E-state index in [9.17, 15) is 19.2 Å². The van der Waals surface area contributed by atoms with Gasteiger partial charge >= 0.3 is 5.69 Å². The van der Waals surface area contributed by atoms with Crippen LogP contribution in [-0.2, 0) is 20.6 Å². The molecule has 0 spiro atoms. The van der Waals surface area contributed by atoms with Gasteiger partial charge in [-0.15, -0.1) is 5.10 Å². The second-order valence-electron chi connectivity index (χ2n) is 5.46. The number of anilines is 1.